The van der Waals surface area contributed by atoms with Crippen molar-refractivity contribution in [3.8, 4) is 0 Å². The van der Waals surface area contributed by atoms with Crippen LogP contribution < -0.4 is 0 Å². The number of hydrogen-bond acceptors (Lipinski definition) is 3. The minimum Gasteiger partial charge on any atom is -0.472 e. The molecule has 3 nitrogen and oxygen atoms in total. The normalized spacial score (nSPS) is 20.6. The molecule has 1 aromatic heterocycles. The van der Waals surface area contributed by atoms with Gasteiger partial charge in [-0.05, 0) is 18.9 Å². The third-order valence-corrected chi connectivity index (χ3v) is 2.89. The van der Waals surface area contributed by atoms with Gasteiger partial charge in [-0.3, -0.25) is 4.79 Å². The van der Waals surface area contributed by atoms with Crippen LogP contribution in [0.3, 0.4) is 0 Å². The summed E-state index contributed by atoms with van der Waals surface area (Å²) >= 11 is 0. The Balaban J connectivity index is 2.17. The van der Waals surface area contributed by atoms with Crippen molar-refractivity contribution in [3.05, 3.63) is 24.2 Å². The zero-order chi connectivity index (χ0) is 10.0. The fraction of sp³-hybridized carbons (Fsp3) is 0.545. The first-order chi connectivity index (χ1) is 6.72. The van der Waals surface area contributed by atoms with Gasteiger partial charge in [0.25, 0.3) is 0 Å². The molecule has 0 aliphatic heterocycles. The van der Waals surface area contributed by atoms with Gasteiger partial charge in [-0.2, -0.15) is 0 Å². The second kappa shape index (κ2) is 3.58. The number of carbonyl (C=O) groups excluding carboxylic acids is 1. The smallest absolute Gasteiger partial charge is 0.197 e. The molecule has 0 amide bonds. The summed E-state index contributed by atoms with van der Waals surface area (Å²) in [6.45, 7) is 0. The molecule has 76 valence electrons. The Kier molecular flexibility index (Phi) is 2.42. The Hall–Kier alpha value is -1.09. The lowest BCUT2D eigenvalue weighted by Crippen LogP contribution is -2.40. The average Bonchev–Trinajstić information content (AvgIpc) is 2.70. The topological polar surface area (TPSA) is 50.4 Å². The Morgan fingerprint density at radius 2 is 2.07 bits per heavy atom. The van der Waals surface area contributed by atoms with Gasteiger partial charge in [0.15, 0.2) is 5.78 Å². The fourth-order valence-corrected chi connectivity index (χ4v) is 2.03. The molecule has 1 saturated carbocycles. The van der Waals surface area contributed by atoms with E-state index in [2.05, 4.69) is 0 Å². The maximum absolute atomic E-state index is 11.9. The number of ketones is 1. The highest BCUT2D eigenvalue weighted by molar-refractivity contribution is 6.02. The summed E-state index contributed by atoms with van der Waals surface area (Å²) < 4.78 is 4.84. The van der Waals surface area contributed by atoms with Gasteiger partial charge in [0, 0.05) is 0 Å². The van der Waals surface area contributed by atoms with Gasteiger partial charge in [-0.15, -0.1) is 0 Å². The summed E-state index contributed by atoms with van der Waals surface area (Å²) in [4.78, 5) is 11.9. The molecule has 0 saturated heterocycles. The van der Waals surface area contributed by atoms with Gasteiger partial charge < -0.3 is 9.52 Å². The van der Waals surface area contributed by atoms with Gasteiger partial charge >= 0.3 is 0 Å². The van der Waals surface area contributed by atoms with E-state index in [1.165, 1.54) is 12.5 Å². The monoisotopic (exact) mass is 194 g/mol. The standard InChI is InChI=1S/C11H14O3/c12-10(9-4-7-14-8-9)11(13)5-2-1-3-6-11/h4,7-8,13H,1-3,5-6H2. The van der Waals surface area contributed by atoms with Crippen molar-refractivity contribution in [2.24, 2.45) is 0 Å². The quantitative estimate of drug-likeness (QED) is 0.734. The molecular formula is C11H14O3. The Bertz CT molecular complexity index is 307. The van der Waals surface area contributed by atoms with Crippen LogP contribution in [0.25, 0.3) is 0 Å². The zero-order valence-corrected chi connectivity index (χ0v) is 8.03. The summed E-state index contributed by atoms with van der Waals surface area (Å²) in [5.74, 6) is -0.189. The first-order valence-electron chi connectivity index (χ1n) is 5.02. The SMILES string of the molecule is O=C(c1ccoc1)C1(O)CCCCC1. The Morgan fingerprint density at radius 1 is 1.36 bits per heavy atom. The second-order valence-electron chi connectivity index (χ2n) is 3.93. The molecule has 1 aliphatic rings. The molecule has 1 heterocycles. The lowest BCUT2D eigenvalue weighted by molar-refractivity contribution is 0.0116. The van der Waals surface area contributed by atoms with Gasteiger partial charge in [0.1, 0.15) is 11.9 Å². The molecule has 1 aromatic rings. The highest BCUT2D eigenvalue weighted by Gasteiger charge is 2.37. The van der Waals surface area contributed by atoms with E-state index in [4.69, 9.17) is 4.42 Å². The molecule has 0 aromatic carbocycles. The van der Waals surface area contributed by atoms with E-state index < -0.39 is 5.60 Å². The average molecular weight is 194 g/mol. The highest BCUT2D eigenvalue weighted by Crippen LogP contribution is 2.31. The lowest BCUT2D eigenvalue weighted by atomic mass is 9.80. The molecule has 1 N–H and O–H groups in total. The van der Waals surface area contributed by atoms with Gasteiger partial charge in [-0.25, -0.2) is 0 Å². The second-order valence-corrected chi connectivity index (χ2v) is 3.93. The number of carbonyl (C=O) groups is 1. The van der Waals surface area contributed by atoms with Crippen LogP contribution in [0, 0.1) is 0 Å². The minimum absolute atomic E-state index is 0.189. The van der Waals surface area contributed by atoms with Crippen molar-refractivity contribution in [2.45, 2.75) is 37.7 Å². The summed E-state index contributed by atoms with van der Waals surface area (Å²) in [7, 11) is 0. The van der Waals surface area contributed by atoms with Gasteiger partial charge in [0.2, 0.25) is 0 Å². The van der Waals surface area contributed by atoms with Crippen molar-refractivity contribution < 1.29 is 14.3 Å². The van der Waals surface area contributed by atoms with Crippen molar-refractivity contribution >= 4 is 5.78 Å². The molecule has 3 heteroatoms. The largest absolute Gasteiger partial charge is 0.472 e. The number of rotatable bonds is 2. The molecule has 14 heavy (non-hydrogen) atoms. The van der Waals surface area contributed by atoms with E-state index >= 15 is 0 Å². The zero-order valence-electron chi connectivity index (χ0n) is 8.03. The number of hydrogen-bond donors (Lipinski definition) is 1. The first-order valence-corrected chi connectivity index (χ1v) is 5.02. The van der Waals surface area contributed by atoms with E-state index in [0.29, 0.717) is 18.4 Å². The molecule has 0 atom stereocenters. The summed E-state index contributed by atoms with van der Waals surface area (Å²) in [5.41, 5.74) is -0.656. The fourth-order valence-electron chi connectivity index (χ4n) is 2.03. The molecule has 0 unspecified atom stereocenters. The van der Waals surface area contributed by atoms with Crippen molar-refractivity contribution in [2.75, 3.05) is 0 Å². The van der Waals surface area contributed by atoms with E-state index in [1.807, 2.05) is 0 Å². The van der Waals surface area contributed by atoms with Crippen LogP contribution in [0.1, 0.15) is 42.5 Å². The lowest BCUT2D eigenvalue weighted by Gasteiger charge is -2.29. The van der Waals surface area contributed by atoms with Crippen LogP contribution in [0.15, 0.2) is 23.0 Å². The highest BCUT2D eigenvalue weighted by atomic mass is 16.3. The molecule has 0 spiro atoms. The Morgan fingerprint density at radius 3 is 2.64 bits per heavy atom. The first kappa shape index (κ1) is 9.46. The molecular weight excluding hydrogens is 180 g/mol. The Labute approximate surface area is 82.7 Å². The van der Waals surface area contributed by atoms with Gasteiger partial charge in [-0.1, -0.05) is 19.3 Å². The molecule has 1 aliphatic carbocycles. The predicted octanol–water partition coefficient (Wildman–Crippen LogP) is 2.16. The predicted molar refractivity (Wildman–Crippen MR) is 51.1 cm³/mol. The third-order valence-electron chi connectivity index (χ3n) is 2.89. The molecule has 2 rings (SSSR count). The van der Waals surface area contributed by atoms with Crippen molar-refractivity contribution in [1.82, 2.24) is 0 Å². The summed E-state index contributed by atoms with van der Waals surface area (Å²) in [5, 5.41) is 10.1. The molecule has 0 radical (unpaired) electrons. The van der Waals surface area contributed by atoms with E-state index in [0.717, 1.165) is 19.3 Å². The number of aliphatic hydroxyl groups is 1. The summed E-state index contributed by atoms with van der Waals surface area (Å²) in [6, 6.07) is 1.61. The van der Waals surface area contributed by atoms with Gasteiger partial charge in [0.05, 0.1) is 11.8 Å². The number of furan rings is 1. The van der Waals surface area contributed by atoms with Crippen LogP contribution in [0.5, 0.6) is 0 Å². The van der Waals surface area contributed by atoms with E-state index in [1.54, 1.807) is 6.07 Å². The number of Topliss-reactive ketones (excluding diaryl/α,β-unsaturated/α-hetero) is 1. The van der Waals surface area contributed by atoms with Crippen LogP contribution in [-0.2, 0) is 0 Å². The maximum Gasteiger partial charge on any atom is 0.197 e. The van der Waals surface area contributed by atoms with E-state index in [-0.39, 0.29) is 5.78 Å². The maximum atomic E-state index is 11.9. The van der Waals surface area contributed by atoms with Crippen LogP contribution in [-0.4, -0.2) is 16.5 Å². The third kappa shape index (κ3) is 1.60. The minimum atomic E-state index is -1.14. The van der Waals surface area contributed by atoms with Crippen molar-refractivity contribution in [1.29, 1.82) is 0 Å². The summed E-state index contributed by atoms with van der Waals surface area (Å²) in [6.07, 6.45) is 6.99. The van der Waals surface area contributed by atoms with Crippen LogP contribution >= 0.6 is 0 Å². The van der Waals surface area contributed by atoms with Crippen LogP contribution in [0.4, 0.5) is 0 Å². The van der Waals surface area contributed by atoms with Crippen molar-refractivity contribution in [3.63, 3.8) is 0 Å². The van der Waals surface area contributed by atoms with Crippen LogP contribution in [0.2, 0.25) is 0 Å². The van der Waals surface area contributed by atoms with E-state index in [9.17, 15) is 9.90 Å². The molecule has 0 bridgehead atoms. The molecule has 1 fully saturated rings.